The predicted octanol–water partition coefficient (Wildman–Crippen LogP) is 3.71. The van der Waals surface area contributed by atoms with Crippen LogP contribution in [0.2, 0.25) is 5.02 Å². The highest BCUT2D eigenvalue weighted by molar-refractivity contribution is 6.31. The number of hydrogen-bond acceptors (Lipinski definition) is 4. The highest BCUT2D eigenvalue weighted by Crippen LogP contribution is 2.29. The molecule has 2 aromatic rings. The smallest absolute Gasteiger partial charge is 0.292 e. The van der Waals surface area contributed by atoms with Gasteiger partial charge in [-0.15, -0.1) is 0 Å². The van der Waals surface area contributed by atoms with E-state index >= 15 is 0 Å². The number of phenols is 1. The number of phenolic OH excluding ortho intramolecular Hbond substituents is 1. The fourth-order valence-electron chi connectivity index (χ4n) is 1.71. The molecule has 2 N–H and O–H groups in total. The number of nitrogens with one attached hydrogen (secondary N) is 1. The lowest BCUT2D eigenvalue weighted by atomic mass is 10.2. The first-order valence-electron chi connectivity index (χ1n) is 5.63. The van der Waals surface area contributed by atoms with Crippen molar-refractivity contribution in [2.75, 3.05) is 5.32 Å². The average molecular weight is 297 g/mol. The van der Waals surface area contributed by atoms with E-state index in [1.807, 2.05) is 0 Å². The Labute approximate surface area is 118 Å². The Morgan fingerprint density at radius 1 is 1.35 bits per heavy atom. The van der Waals surface area contributed by atoms with Crippen LogP contribution in [0.15, 0.2) is 36.4 Å². The van der Waals surface area contributed by atoms with Gasteiger partial charge in [0.2, 0.25) is 0 Å². The van der Waals surface area contributed by atoms with Gasteiger partial charge in [0.15, 0.2) is 0 Å². The molecule has 0 heterocycles. The van der Waals surface area contributed by atoms with E-state index in [4.69, 9.17) is 11.6 Å². The van der Waals surface area contributed by atoms with Crippen molar-refractivity contribution < 1.29 is 14.4 Å². The number of anilines is 1. The maximum absolute atomic E-state index is 13.2. The number of aromatic hydroxyl groups is 1. The molecule has 0 amide bonds. The third-order valence-corrected chi connectivity index (χ3v) is 3.06. The molecule has 104 valence electrons. The SMILES string of the molecule is O=[N+]([O-])c1ccc(F)cc1NCc1c(O)cccc1Cl. The van der Waals surface area contributed by atoms with E-state index in [1.165, 1.54) is 6.07 Å². The van der Waals surface area contributed by atoms with Crippen LogP contribution in [0.3, 0.4) is 0 Å². The van der Waals surface area contributed by atoms with E-state index in [1.54, 1.807) is 12.1 Å². The second-order valence-corrected chi connectivity index (χ2v) is 4.42. The van der Waals surface area contributed by atoms with Gasteiger partial charge in [-0.25, -0.2) is 4.39 Å². The minimum absolute atomic E-state index is 0.0225. The summed E-state index contributed by atoms with van der Waals surface area (Å²) in [6.45, 7) is 0.0375. The van der Waals surface area contributed by atoms with Gasteiger partial charge in [-0.1, -0.05) is 17.7 Å². The van der Waals surface area contributed by atoms with Crippen LogP contribution in [0.5, 0.6) is 5.75 Å². The van der Waals surface area contributed by atoms with E-state index < -0.39 is 10.7 Å². The molecule has 0 bridgehead atoms. The van der Waals surface area contributed by atoms with Crippen molar-refractivity contribution in [1.82, 2.24) is 0 Å². The summed E-state index contributed by atoms with van der Waals surface area (Å²) < 4.78 is 13.2. The predicted molar refractivity (Wildman–Crippen MR) is 73.5 cm³/mol. The van der Waals surface area contributed by atoms with Gasteiger partial charge in [0.25, 0.3) is 5.69 Å². The molecular weight excluding hydrogens is 287 g/mol. The fraction of sp³-hybridized carbons (Fsp3) is 0.0769. The number of nitro groups is 1. The maximum Gasteiger partial charge on any atom is 0.292 e. The molecule has 0 spiro atoms. The fourth-order valence-corrected chi connectivity index (χ4v) is 1.95. The second kappa shape index (κ2) is 5.75. The van der Waals surface area contributed by atoms with Crippen LogP contribution in [0, 0.1) is 15.9 Å². The molecule has 0 saturated heterocycles. The third-order valence-electron chi connectivity index (χ3n) is 2.71. The van der Waals surface area contributed by atoms with E-state index in [2.05, 4.69) is 5.32 Å². The van der Waals surface area contributed by atoms with Crippen LogP contribution in [-0.4, -0.2) is 10.0 Å². The van der Waals surface area contributed by atoms with Crippen molar-refractivity contribution in [3.8, 4) is 5.75 Å². The van der Waals surface area contributed by atoms with Crippen molar-refractivity contribution in [3.63, 3.8) is 0 Å². The molecule has 0 aromatic heterocycles. The van der Waals surface area contributed by atoms with Gasteiger partial charge in [-0.2, -0.15) is 0 Å². The zero-order chi connectivity index (χ0) is 14.7. The molecule has 0 aliphatic carbocycles. The zero-order valence-electron chi connectivity index (χ0n) is 10.1. The van der Waals surface area contributed by atoms with Gasteiger partial charge in [0, 0.05) is 29.3 Å². The minimum atomic E-state index is -0.617. The number of hydrogen-bond donors (Lipinski definition) is 2. The monoisotopic (exact) mass is 296 g/mol. The molecule has 7 heteroatoms. The van der Waals surface area contributed by atoms with Gasteiger partial charge in [0.05, 0.1) is 4.92 Å². The van der Waals surface area contributed by atoms with Crippen LogP contribution < -0.4 is 5.32 Å². The highest BCUT2D eigenvalue weighted by atomic mass is 35.5. The van der Waals surface area contributed by atoms with E-state index in [0.29, 0.717) is 10.6 Å². The van der Waals surface area contributed by atoms with E-state index in [0.717, 1.165) is 18.2 Å². The summed E-state index contributed by atoms with van der Waals surface area (Å²) in [4.78, 5) is 10.2. The Balaban J connectivity index is 2.27. The van der Waals surface area contributed by atoms with Crippen molar-refractivity contribution in [2.24, 2.45) is 0 Å². The van der Waals surface area contributed by atoms with E-state index in [-0.39, 0.29) is 23.7 Å². The van der Waals surface area contributed by atoms with Crippen molar-refractivity contribution in [1.29, 1.82) is 0 Å². The van der Waals surface area contributed by atoms with Crippen molar-refractivity contribution in [2.45, 2.75) is 6.54 Å². The number of nitrogens with zero attached hydrogens (tertiary/aromatic N) is 1. The van der Waals surface area contributed by atoms with Crippen LogP contribution in [0.1, 0.15) is 5.56 Å². The Morgan fingerprint density at radius 2 is 2.10 bits per heavy atom. The van der Waals surface area contributed by atoms with E-state index in [9.17, 15) is 19.6 Å². The summed E-state index contributed by atoms with van der Waals surface area (Å²) in [5.74, 6) is -0.634. The molecule has 0 saturated carbocycles. The van der Waals surface area contributed by atoms with Crippen LogP contribution >= 0.6 is 11.6 Å². The van der Waals surface area contributed by atoms with Crippen LogP contribution in [0.4, 0.5) is 15.8 Å². The number of nitro benzene ring substituents is 1. The topological polar surface area (TPSA) is 75.4 Å². The summed E-state index contributed by atoms with van der Waals surface area (Å²) in [6.07, 6.45) is 0. The molecule has 0 unspecified atom stereocenters. The zero-order valence-corrected chi connectivity index (χ0v) is 10.9. The molecule has 2 aromatic carbocycles. The highest BCUT2D eigenvalue weighted by Gasteiger charge is 2.15. The van der Waals surface area contributed by atoms with Gasteiger partial charge >= 0.3 is 0 Å². The minimum Gasteiger partial charge on any atom is -0.508 e. The molecular formula is C13H10ClFN2O3. The summed E-state index contributed by atoms with van der Waals surface area (Å²) in [6, 6.07) is 7.71. The van der Waals surface area contributed by atoms with Crippen molar-refractivity contribution >= 4 is 23.0 Å². The molecule has 5 nitrogen and oxygen atoms in total. The molecule has 0 aliphatic heterocycles. The largest absolute Gasteiger partial charge is 0.508 e. The number of benzene rings is 2. The van der Waals surface area contributed by atoms with Crippen LogP contribution in [-0.2, 0) is 6.54 Å². The number of halogens is 2. The summed E-state index contributed by atoms with van der Waals surface area (Å²) in [5, 5.41) is 23.5. The normalized spacial score (nSPS) is 10.3. The molecule has 0 atom stereocenters. The van der Waals surface area contributed by atoms with Gasteiger partial charge in [-0.3, -0.25) is 10.1 Å². The Bertz CT molecular complexity index is 644. The lowest BCUT2D eigenvalue weighted by molar-refractivity contribution is -0.384. The lowest BCUT2D eigenvalue weighted by Gasteiger charge is -2.10. The molecule has 2 rings (SSSR count). The lowest BCUT2D eigenvalue weighted by Crippen LogP contribution is -2.04. The third kappa shape index (κ3) is 2.97. The first kappa shape index (κ1) is 14.1. The summed E-state index contributed by atoms with van der Waals surface area (Å²) in [7, 11) is 0. The maximum atomic E-state index is 13.2. The van der Waals surface area contributed by atoms with Crippen LogP contribution in [0.25, 0.3) is 0 Å². The van der Waals surface area contributed by atoms with Gasteiger partial charge in [0.1, 0.15) is 17.3 Å². The Hall–Kier alpha value is -2.34. The Kier molecular flexibility index (Phi) is 4.05. The molecule has 20 heavy (non-hydrogen) atoms. The van der Waals surface area contributed by atoms with Gasteiger partial charge < -0.3 is 10.4 Å². The number of rotatable bonds is 4. The second-order valence-electron chi connectivity index (χ2n) is 4.01. The summed E-state index contributed by atoms with van der Waals surface area (Å²) in [5.41, 5.74) is 0.153. The Morgan fingerprint density at radius 3 is 2.75 bits per heavy atom. The summed E-state index contributed by atoms with van der Waals surface area (Å²) >= 11 is 5.92. The first-order valence-corrected chi connectivity index (χ1v) is 6.01. The van der Waals surface area contributed by atoms with Gasteiger partial charge in [-0.05, 0) is 18.2 Å². The van der Waals surface area contributed by atoms with Crippen molar-refractivity contribution in [3.05, 3.63) is 62.9 Å². The standard InChI is InChI=1S/C13H10ClFN2O3/c14-10-2-1-3-13(18)9(10)7-16-11-6-8(15)4-5-12(11)17(19)20/h1-6,16,18H,7H2. The first-order chi connectivity index (χ1) is 9.49. The molecule has 0 fully saturated rings. The average Bonchev–Trinajstić information content (AvgIpc) is 2.37. The molecule has 0 aliphatic rings. The quantitative estimate of drug-likeness (QED) is 0.666. The molecule has 0 radical (unpaired) electrons.